The second kappa shape index (κ2) is 2.63. The summed E-state index contributed by atoms with van der Waals surface area (Å²) < 4.78 is 2.19. The average molecular weight is 173 g/mol. The molecule has 0 aliphatic heterocycles. The predicted octanol–water partition coefficient (Wildman–Crippen LogP) is 3.10. The normalized spacial score (nSPS) is 11.1. The summed E-state index contributed by atoms with van der Waals surface area (Å²) in [6.07, 6.45) is 2.19. The molecule has 13 heavy (non-hydrogen) atoms. The zero-order valence-electron chi connectivity index (χ0n) is 8.68. The summed E-state index contributed by atoms with van der Waals surface area (Å²) in [6.45, 7) is 6.54. The molecule has 0 fully saturated rings. The molecular weight excluding hydrogens is 158 g/mol. The summed E-state index contributed by atoms with van der Waals surface area (Å²) in [6, 6.07) is 4.39. The Morgan fingerprint density at radius 1 is 1.08 bits per heavy atom. The fourth-order valence-electron chi connectivity index (χ4n) is 1.91. The van der Waals surface area contributed by atoms with E-state index < -0.39 is 0 Å². The molecule has 1 nitrogen and oxygen atoms in total. The Kier molecular flexibility index (Phi) is 1.69. The van der Waals surface area contributed by atoms with Gasteiger partial charge in [0, 0.05) is 24.3 Å². The summed E-state index contributed by atoms with van der Waals surface area (Å²) in [5.41, 5.74) is 4.15. The van der Waals surface area contributed by atoms with Crippen LogP contribution in [0.1, 0.15) is 16.8 Å². The van der Waals surface area contributed by atoms with Gasteiger partial charge in [-0.1, -0.05) is 12.1 Å². The minimum absolute atomic E-state index is 1.35. The molecule has 0 unspecified atom stereocenters. The number of aryl methyl sites for hydroxylation is 4. The van der Waals surface area contributed by atoms with E-state index in [0.717, 1.165) is 0 Å². The van der Waals surface area contributed by atoms with Crippen LogP contribution in [0.5, 0.6) is 0 Å². The molecule has 0 aliphatic rings. The largest absolute Gasteiger partial charge is 0.353 e. The molecule has 1 aromatic carbocycles. The molecule has 1 heteroatoms. The van der Waals surface area contributed by atoms with Gasteiger partial charge in [-0.25, -0.2) is 0 Å². The lowest BCUT2D eigenvalue weighted by Gasteiger charge is -2.02. The van der Waals surface area contributed by atoms with Gasteiger partial charge >= 0.3 is 0 Å². The maximum atomic E-state index is 2.20. The number of nitrogens with zero attached hydrogens (tertiary/aromatic N) is 1. The van der Waals surface area contributed by atoms with Crippen molar-refractivity contribution in [3.8, 4) is 0 Å². The van der Waals surface area contributed by atoms with Crippen molar-refractivity contribution >= 4 is 10.8 Å². The Hall–Kier alpha value is -1.24. The van der Waals surface area contributed by atoms with Crippen LogP contribution in [0, 0.1) is 20.8 Å². The molecule has 0 aliphatic carbocycles. The van der Waals surface area contributed by atoms with Crippen LogP contribution in [-0.2, 0) is 7.05 Å². The van der Waals surface area contributed by atoms with Crippen LogP contribution in [0.15, 0.2) is 18.3 Å². The molecule has 0 spiro atoms. The van der Waals surface area contributed by atoms with Crippen molar-refractivity contribution in [2.75, 3.05) is 0 Å². The van der Waals surface area contributed by atoms with Crippen molar-refractivity contribution in [1.29, 1.82) is 0 Å². The molecule has 0 N–H and O–H groups in total. The first-order chi connectivity index (χ1) is 6.11. The molecule has 1 aromatic heterocycles. The standard InChI is InChI=1S/C12H15N/c1-8-5-6-11-7-13(4)10(3)12(11)9(8)2/h5-7H,1-4H3. The third kappa shape index (κ3) is 1.07. The minimum atomic E-state index is 1.35. The van der Waals surface area contributed by atoms with E-state index in [0.29, 0.717) is 0 Å². The summed E-state index contributed by atoms with van der Waals surface area (Å²) >= 11 is 0. The van der Waals surface area contributed by atoms with Gasteiger partial charge in [-0.3, -0.25) is 0 Å². The number of benzene rings is 1. The van der Waals surface area contributed by atoms with Crippen molar-refractivity contribution in [3.05, 3.63) is 35.2 Å². The second-order valence-electron chi connectivity index (χ2n) is 3.80. The van der Waals surface area contributed by atoms with Crippen LogP contribution in [0.4, 0.5) is 0 Å². The average Bonchev–Trinajstić information content (AvgIpc) is 2.37. The van der Waals surface area contributed by atoms with Crippen molar-refractivity contribution < 1.29 is 0 Å². The number of rotatable bonds is 0. The summed E-state index contributed by atoms with van der Waals surface area (Å²) in [4.78, 5) is 0. The van der Waals surface area contributed by atoms with Gasteiger partial charge in [-0.05, 0) is 37.3 Å². The number of hydrogen-bond donors (Lipinski definition) is 0. The van der Waals surface area contributed by atoms with Gasteiger partial charge in [-0.15, -0.1) is 0 Å². The highest BCUT2D eigenvalue weighted by Crippen LogP contribution is 2.25. The van der Waals surface area contributed by atoms with Crippen molar-refractivity contribution in [2.24, 2.45) is 7.05 Å². The monoisotopic (exact) mass is 173 g/mol. The van der Waals surface area contributed by atoms with Gasteiger partial charge in [0.1, 0.15) is 0 Å². The number of fused-ring (bicyclic) bond motifs is 1. The highest BCUT2D eigenvalue weighted by Gasteiger charge is 2.06. The lowest BCUT2D eigenvalue weighted by Crippen LogP contribution is -1.88. The SMILES string of the molecule is Cc1ccc2cn(C)c(C)c2c1C. The summed E-state index contributed by atoms with van der Waals surface area (Å²) in [5.74, 6) is 0. The first-order valence-electron chi connectivity index (χ1n) is 4.63. The van der Waals surface area contributed by atoms with Gasteiger partial charge in [0.2, 0.25) is 0 Å². The van der Waals surface area contributed by atoms with E-state index in [4.69, 9.17) is 0 Å². The van der Waals surface area contributed by atoms with E-state index in [1.54, 1.807) is 0 Å². The molecule has 0 amide bonds. The molecular formula is C12H15N. The fraction of sp³-hybridized carbons (Fsp3) is 0.333. The Balaban J connectivity index is 2.97. The number of aromatic nitrogens is 1. The van der Waals surface area contributed by atoms with Crippen molar-refractivity contribution in [3.63, 3.8) is 0 Å². The third-order valence-corrected chi connectivity index (χ3v) is 2.99. The van der Waals surface area contributed by atoms with Crippen LogP contribution in [-0.4, -0.2) is 4.57 Å². The molecule has 1 heterocycles. The van der Waals surface area contributed by atoms with E-state index in [9.17, 15) is 0 Å². The minimum Gasteiger partial charge on any atom is -0.353 e. The lowest BCUT2D eigenvalue weighted by molar-refractivity contribution is 0.888. The number of hydrogen-bond acceptors (Lipinski definition) is 0. The summed E-state index contributed by atoms with van der Waals surface area (Å²) in [5, 5.41) is 2.77. The van der Waals surface area contributed by atoms with Crippen LogP contribution in [0.25, 0.3) is 10.8 Å². The molecule has 2 aromatic rings. The van der Waals surface area contributed by atoms with Crippen LogP contribution >= 0.6 is 0 Å². The highest BCUT2D eigenvalue weighted by molar-refractivity contribution is 5.89. The smallest absolute Gasteiger partial charge is 0.0222 e. The van der Waals surface area contributed by atoms with Crippen molar-refractivity contribution in [2.45, 2.75) is 20.8 Å². The first-order valence-corrected chi connectivity index (χ1v) is 4.63. The Bertz CT molecular complexity index is 463. The molecule has 0 saturated heterocycles. The maximum Gasteiger partial charge on any atom is 0.0222 e. The van der Waals surface area contributed by atoms with Crippen molar-refractivity contribution in [1.82, 2.24) is 4.57 Å². The molecule has 0 saturated carbocycles. The van der Waals surface area contributed by atoms with E-state index in [1.807, 2.05) is 0 Å². The topological polar surface area (TPSA) is 4.93 Å². The summed E-state index contributed by atoms with van der Waals surface area (Å²) in [7, 11) is 2.10. The highest BCUT2D eigenvalue weighted by atomic mass is 14.9. The molecule has 0 radical (unpaired) electrons. The Labute approximate surface area is 79.0 Å². The Morgan fingerprint density at radius 3 is 2.46 bits per heavy atom. The van der Waals surface area contributed by atoms with E-state index in [2.05, 4.69) is 50.7 Å². The molecule has 0 bridgehead atoms. The van der Waals surface area contributed by atoms with E-state index >= 15 is 0 Å². The Morgan fingerprint density at radius 2 is 1.77 bits per heavy atom. The zero-order valence-corrected chi connectivity index (χ0v) is 8.68. The molecule has 2 rings (SSSR count). The van der Waals surface area contributed by atoms with Crippen LogP contribution < -0.4 is 0 Å². The van der Waals surface area contributed by atoms with Gasteiger partial charge in [-0.2, -0.15) is 0 Å². The second-order valence-corrected chi connectivity index (χ2v) is 3.80. The lowest BCUT2D eigenvalue weighted by atomic mass is 10.0. The zero-order chi connectivity index (χ0) is 9.59. The first kappa shape index (κ1) is 8.36. The van der Waals surface area contributed by atoms with Gasteiger partial charge in [0.25, 0.3) is 0 Å². The van der Waals surface area contributed by atoms with E-state index in [-0.39, 0.29) is 0 Å². The third-order valence-electron chi connectivity index (χ3n) is 2.99. The van der Waals surface area contributed by atoms with Crippen LogP contribution in [0.2, 0.25) is 0 Å². The van der Waals surface area contributed by atoms with Gasteiger partial charge < -0.3 is 4.57 Å². The van der Waals surface area contributed by atoms with Gasteiger partial charge in [0.05, 0.1) is 0 Å². The van der Waals surface area contributed by atoms with Gasteiger partial charge in [0.15, 0.2) is 0 Å². The molecule has 68 valence electrons. The molecule has 0 atom stereocenters. The van der Waals surface area contributed by atoms with Crippen LogP contribution in [0.3, 0.4) is 0 Å². The quantitative estimate of drug-likeness (QED) is 0.577. The fourth-order valence-corrected chi connectivity index (χ4v) is 1.91. The maximum absolute atomic E-state index is 2.20. The predicted molar refractivity (Wildman–Crippen MR) is 57.1 cm³/mol. The van der Waals surface area contributed by atoms with E-state index in [1.165, 1.54) is 27.6 Å².